The molecule has 7 nitrogen and oxygen atoms in total. The number of amides is 2. The number of carbonyl (C=O) groups is 1. The van der Waals surface area contributed by atoms with Crippen LogP contribution < -0.4 is 10.8 Å². The molecule has 0 saturated carbocycles. The number of nitrogens with one attached hydrogen (secondary N) is 2. The van der Waals surface area contributed by atoms with Crippen molar-refractivity contribution in [1.29, 1.82) is 0 Å². The van der Waals surface area contributed by atoms with Gasteiger partial charge in [-0.25, -0.2) is 10.3 Å². The van der Waals surface area contributed by atoms with Crippen LogP contribution in [0.2, 0.25) is 0 Å². The molecule has 1 rings (SSSR count). The van der Waals surface area contributed by atoms with Gasteiger partial charge in [0.25, 0.3) is 5.69 Å². The maximum atomic E-state index is 11.4. The smallest absolute Gasteiger partial charge is 0.300 e. The van der Waals surface area contributed by atoms with Crippen LogP contribution in [0.5, 0.6) is 0 Å². The number of hydrogen-bond acceptors (Lipinski definition) is 4. The number of urea groups is 1. The Bertz CT molecular complexity index is 423. The number of rotatable bonds is 6. The van der Waals surface area contributed by atoms with Crippen LogP contribution in [0.4, 0.5) is 16.2 Å². The highest BCUT2D eigenvalue weighted by Gasteiger charge is 2.14. The van der Waals surface area contributed by atoms with Crippen molar-refractivity contribution in [2.24, 2.45) is 0 Å². The molecular weight excluding hydrogens is 238 g/mol. The SMILES string of the molecule is CCCCONC(=O)Nc1ccccc1[N+](=O)[O-]. The fourth-order valence-corrected chi connectivity index (χ4v) is 1.22. The summed E-state index contributed by atoms with van der Waals surface area (Å²) in [6.45, 7) is 2.40. The van der Waals surface area contributed by atoms with E-state index >= 15 is 0 Å². The van der Waals surface area contributed by atoms with Crippen molar-refractivity contribution in [1.82, 2.24) is 5.48 Å². The van der Waals surface area contributed by atoms with Crippen molar-refractivity contribution >= 4 is 17.4 Å². The molecule has 98 valence electrons. The Balaban J connectivity index is 2.51. The molecule has 0 bridgehead atoms. The van der Waals surface area contributed by atoms with Gasteiger partial charge in [-0.15, -0.1) is 0 Å². The van der Waals surface area contributed by atoms with E-state index in [4.69, 9.17) is 4.84 Å². The molecule has 0 fully saturated rings. The van der Waals surface area contributed by atoms with E-state index in [1.54, 1.807) is 6.07 Å². The van der Waals surface area contributed by atoms with Gasteiger partial charge in [0.15, 0.2) is 0 Å². The van der Waals surface area contributed by atoms with Crippen molar-refractivity contribution in [2.75, 3.05) is 11.9 Å². The van der Waals surface area contributed by atoms with E-state index in [1.807, 2.05) is 6.92 Å². The third kappa shape index (κ3) is 4.38. The molecule has 0 aliphatic heterocycles. The normalized spacial score (nSPS) is 9.83. The summed E-state index contributed by atoms with van der Waals surface area (Å²) in [5, 5.41) is 13.1. The fourth-order valence-electron chi connectivity index (χ4n) is 1.22. The van der Waals surface area contributed by atoms with Gasteiger partial charge in [0.2, 0.25) is 0 Å². The van der Waals surface area contributed by atoms with Crippen LogP contribution in [0.15, 0.2) is 24.3 Å². The summed E-state index contributed by atoms with van der Waals surface area (Å²) in [4.78, 5) is 26.4. The summed E-state index contributed by atoms with van der Waals surface area (Å²) in [5.41, 5.74) is 2.12. The van der Waals surface area contributed by atoms with Crippen molar-refractivity contribution in [3.05, 3.63) is 34.4 Å². The maximum Gasteiger partial charge on any atom is 0.343 e. The van der Waals surface area contributed by atoms with Gasteiger partial charge in [-0.3, -0.25) is 15.0 Å². The van der Waals surface area contributed by atoms with E-state index in [0.717, 1.165) is 12.8 Å². The lowest BCUT2D eigenvalue weighted by Gasteiger charge is -2.07. The highest BCUT2D eigenvalue weighted by Crippen LogP contribution is 2.22. The van der Waals surface area contributed by atoms with Gasteiger partial charge in [-0.2, -0.15) is 0 Å². The topological polar surface area (TPSA) is 93.5 Å². The van der Waals surface area contributed by atoms with Crippen LogP contribution in [-0.4, -0.2) is 17.6 Å². The van der Waals surface area contributed by atoms with E-state index in [0.29, 0.717) is 6.61 Å². The van der Waals surface area contributed by atoms with Crippen LogP contribution in [0.25, 0.3) is 0 Å². The number of nitro groups is 1. The zero-order chi connectivity index (χ0) is 13.4. The zero-order valence-electron chi connectivity index (χ0n) is 10.0. The first kappa shape index (κ1) is 13.9. The van der Waals surface area contributed by atoms with Crippen LogP contribution in [-0.2, 0) is 4.84 Å². The second-order valence-electron chi connectivity index (χ2n) is 3.53. The summed E-state index contributed by atoms with van der Waals surface area (Å²) in [7, 11) is 0. The number of nitro benzene ring substituents is 1. The summed E-state index contributed by atoms with van der Waals surface area (Å²) in [6.07, 6.45) is 1.78. The molecule has 0 heterocycles. The second-order valence-corrected chi connectivity index (χ2v) is 3.53. The molecule has 0 atom stereocenters. The first-order chi connectivity index (χ1) is 8.65. The Labute approximate surface area is 104 Å². The van der Waals surface area contributed by atoms with Gasteiger partial charge in [-0.05, 0) is 12.5 Å². The average Bonchev–Trinajstić information content (AvgIpc) is 2.35. The Morgan fingerprint density at radius 2 is 2.17 bits per heavy atom. The number of hydroxylamine groups is 1. The number of nitrogens with zero attached hydrogens (tertiary/aromatic N) is 1. The minimum absolute atomic E-state index is 0.124. The van der Waals surface area contributed by atoms with Crippen molar-refractivity contribution in [3.8, 4) is 0 Å². The number of unbranched alkanes of at least 4 members (excludes halogenated alkanes) is 1. The zero-order valence-corrected chi connectivity index (χ0v) is 10.0. The second kappa shape index (κ2) is 7.23. The summed E-state index contributed by atoms with van der Waals surface area (Å²) >= 11 is 0. The molecule has 1 aromatic carbocycles. The van der Waals surface area contributed by atoms with Crippen molar-refractivity contribution in [2.45, 2.75) is 19.8 Å². The van der Waals surface area contributed by atoms with Gasteiger partial charge in [0, 0.05) is 6.07 Å². The summed E-state index contributed by atoms with van der Waals surface area (Å²) in [5.74, 6) is 0. The van der Waals surface area contributed by atoms with E-state index in [9.17, 15) is 14.9 Å². The molecule has 0 radical (unpaired) electrons. The molecule has 2 amide bonds. The standard InChI is InChI=1S/C11H15N3O4/c1-2-3-8-18-13-11(15)12-9-6-4-5-7-10(9)14(16)17/h4-7H,2-3,8H2,1H3,(H2,12,13,15). The van der Waals surface area contributed by atoms with E-state index in [2.05, 4.69) is 10.8 Å². The molecular formula is C11H15N3O4. The highest BCUT2D eigenvalue weighted by molar-refractivity contribution is 5.91. The molecule has 0 spiro atoms. The molecule has 18 heavy (non-hydrogen) atoms. The Morgan fingerprint density at radius 1 is 1.44 bits per heavy atom. The lowest BCUT2D eigenvalue weighted by molar-refractivity contribution is -0.383. The molecule has 0 aliphatic rings. The van der Waals surface area contributed by atoms with Gasteiger partial charge in [0.05, 0.1) is 11.5 Å². The fraction of sp³-hybridized carbons (Fsp3) is 0.364. The number of carbonyl (C=O) groups excluding carboxylic acids is 1. The van der Waals surface area contributed by atoms with Crippen LogP contribution >= 0.6 is 0 Å². The largest absolute Gasteiger partial charge is 0.343 e. The Hall–Kier alpha value is -2.15. The predicted molar refractivity (Wildman–Crippen MR) is 66.1 cm³/mol. The monoisotopic (exact) mass is 253 g/mol. The van der Waals surface area contributed by atoms with Gasteiger partial charge in [0.1, 0.15) is 5.69 Å². The quantitative estimate of drug-likeness (QED) is 0.462. The van der Waals surface area contributed by atoms with Gasteiger partial charge >= 0.3 is 6.03 Å². The molecule has 0 unspecified atom stereocenters. The molecule has 2 N–H and O–H groups in total. The van der Waals surface area contributed by atoms with E-state index < -0.39 is 11.0 Å². The van der Waals surface area contributed by atoms with Crippen LogP contribution in [0.3, 0.4) is 0 Å². The molecule has 0 aliphatic carbocycles. The van der Waals surface area contributed by atoms with Crippen LogP contribution in [0.1, 0.15) is 19.8 Å². The Morgan fingerprint density at radius 3 is 2.83 bits per heavy atom. The minimum Gasteiger partial charge on any atom is -0.300 e. The summed E-state index contributed by atoms with van der Waals surface area (Å²) < 4.78 is 0. The third-order valence-corrected chi connectivity index (χ3v) is 2.11. The molecule has 1 aromatic rings. The number of anilines is 1. The first-order valence-electron chi connectivity index (χ1n) is 5.57. The first-order valence-corrected chi connectivity index (χ1v) is 5.57. The highest BCUT2D eigenvalue weighted by atomic mass is 16.7. The predicted octanol–water partition coefficient (Wildman–Crippen LogP) is 2.45. The Kier molecular flexibility index (Phi) is 5.59. The van der Waals surface area contributed by atoms with Gasteiger partial charge in [-0.1, -0.05) is 25.5 Å². The average molecular weight is 253 g/mol. The lowest BCUT2D eigenvalue weighted by Crippen LogP contribution is -2.29. The number of para-hydroxylation sites is 2. The minimum atomic E-state index is -0.639. The molecule has 7 heteroatoms. The van der Waals surface area contributed by atoms with Gasteiger partial charge < -0.3 is 5.32 Å². The molecule has 0 aromatic heterocycles. The van der Waals surface area contributed by atoms with Crippen molar-refractivity contribution < 1.29 is 14.6 Å². The maximum absolute atomic E-state index is 11.4. The number of benzene rings is 1. The van der Waals surface area contributed by atoms with Crippen molar-refractivity contribution in [3.63, 3.8) is 0 Å². The molecule has 0 saturated heterocycles. The lowest BCUT2D eigenvalue weighted by atomic mass is 10.3. The van der Waals surface area contributed by atoms with Crippen LogP contribution in [0, 0.1) is 10.1 Å². The van der Waals surface area contributed by atoms with E-state index in [-0.39, 0.29) is 11.4 Å². The number of hydrogen-bond donors (Lipinski definition) is 2. The third-order valence-electron chi connectivity index (χ3n) is 2.11. The summed E-state index contributed by atoms with van der Waals surface area (Å²) in [6, 6.07) is 5.25. The van der Waals surface area contributed by atoms with E-state index in [1.165, 1.54) is 18.2 Å².